The number of amides is 2. The summed E-state index contributed by atoms with van der Waals surface area (Å²) in [6.45, 7) is 1.99. The van der Waals surface area contributed by atoms with Gasteiger partial charge in [-0.2, -0.15) is 0 Å². The lowest BCUT2D eigenvalue weighted by molar-refractivity contribution is -0.123. The Morgan fingerprint density at radius 3 is 2.75 bits per heavy atom. The topological polar surface area (TPSA) is 62.3 Å². The van der Waals surface area contributed by atoms with Crippen LogP contribution in [-0.2, 0) is 9.59 Å². The molecule has 122 valence electrons. The molecule has 1 aliphatic rings. The molecule has 2 aromatic rings. The lowest BCUT2D eigenvalue weighted by Crippen LogP contribution is -2.41. The van der Waals surface area contributed by atoms with Gasteiger partial charge in [0, 0.05) is 30.2 Å². The minimum absolute atomic E-state index is 0.0486. The first-order valence-corrected chi connectivity index (χ1v) is 7.92. The van der Waals surface area contributed by atoms with Crippen LogP contribution in [0.4, 0.5) is 5.69 Å². The van der Waals surface area contributed by atoms with Gasteiger partial charge in [0.1, 0.15) is 6.04 Å². The highest BCUT2D eigenvalue weighted by atomic mass is 16.2. The average molecular weight is 321 g/mol. The zero-order valence-electron chi connectivity index (χ0n) is 13.4. The van der Waals surface area contributed by atoms with Crippen molar-refractivity contribution in [3.8, 4) is 0 Å². The fraction of sp³-hybridized carbons (Fsp3) is 0.211. The number of nitrogens with zero attached hydrogens (tertiary/aromatic N) is 2. The Balaban J connectivity index is 1.65. The molecule has 1 aromatic heterocycles. The molecule has 0 unspecified atom stereocenters. The van der Waals surface area contributed by atoms with Gasteiger partial charge < -0.3 is 10.2 Å². The smallest absolute Gasteiger partial charge is 0.249 e. The minimum Gasteiger partial charge on any atom is -0.341 e. The number of benzene rings is 1. The van der Waals surface area contributed by atoms with E-state index in [1.807, 2.05) is 43.3 Å². The van der Waals surface area contributed by atoms with Gasteiger partial charge in [-0.1, -0.05) is 24.3 Å². The number of carbonyl (C=O) groups excluding carboxylic acids is 2. The third kappa shape index (κ3) is 3.51. The first-order valence-electron chi connectivity index (χ1n) is 7.92. The molecule has 1 N–H and O–H groups in total. The lowest BCUT2D eigenvalue weighted by atomic mass is 10.2. The number of aromatic nitrogens is 1. The molecular weight excluding hydrogens is 302 g/mol. The van der Waals surface area contributed by atoms with Gasteiger partial charge >= 0.3 is 0 Å². The quantitative estimate of drug-likeness (QED) is 0.880. The highest BCUT2D eigenvalue weighted by Crippen LogP contribution is 2.26. The van der Waals surface area contributed by atoms with E-state index in [0.29, 0.717) is 6.42 Å². The molecule has 2 amide bonds. The molecule has 1 fully saturated rings. The number of hydrogen-bond acceptors (Lipinski definition) is 3. The van der Waals surface area contributed by atoms with E-state index in [-0.39, 0.29) is 17.9 Å². The summed E-state index contributed by atoms with van der Waals surface area (Å²) < 4.78 is 0. The summed E-state index contributed by atoms with van der Waals surface area (Å²) in [5.41, 5.74) is 1.70. The van der Waals surface area contributed by atoms with Gasteiger partial charge in [0.2, 0.25) is 11.8 Å². The van der Waals surface area contributed by atoms with Crippen LogP contribution < -0.4 is 10.2 Å². The summed E-state index contributed by atoms with van der Waals surface area (Å²) in [7, 11) is 0. The second-order valence-corrected chi connectivity index (χ2v) is 5.81. The van der Waals surface area contributed by atoms with Crippen LogP contribution in [0.3, 0.4) is 0 Å². The van der Waals surface area contributed by atoms with Crippen LogP contribution in [-0.4, -0.2) is 28.9 Å². The maximum absolute atomic E-state index is 12.6. The Kier molecular flexibility index (Phi) is 4.70. The lowest BCUT2D eigenvalue weighted by Gasteiger charge is -2.21. The van der Waals surface area contributed by atoms with E-state index < -0.39 is 6.04 Å². The normalized spacial score (nSPS) is 20.5. The Bertz CT molecular complexity index is 744. The zero-order valence-corrected chi connectivity index (χ0v) is 13.4. The standard InChI is InChI=1S/C19H19N3O2/c1-14-12-17(19(24)22(14)16-7-3-2-4-8-16)21-18(23)10-9-15-6-5-11-20-13-15/h2-11,13-14,17H,12H2,1H3,(H,21,23)/b10-9-/t14-,17+/m1/s1. The molecule has 3 rings (SSSR count). The van der Waals surface area contributed by atoms with Crippen LogP contribution in [0, 0.1) is 0 Å². The summed E-state index contributed by atoms with van der Waals surface area (Å²) in [6, 6.07) is 12.7. The van der Waals surface area contributed by atoms with E-state index in [2.05, 4.69) is 10.3 Å². The van der Waals surface area contributed by atoms with Crippen LogP contribution in [0.5, 0.6) is 0 Å². The number of pyridine rings is 1. The Labute approximate surface area is 141 Å². The summed E-state index contributed by atoms with van der Waals surface area (Å²) in [5.74, 6) is -0.351. The highest BCUT2D eigenvalue weighted by Gasteiger charge is 2.38. The van der Waals surface area contributed by atoms with Crippen molar-refractivity contribution in [3.63, 3.8) is 0 Å². The summed E-state index contributed by atoms with van der Waals surface area (Å²) in [4.78, 5) is 30.4. The van der Waals surface area contributed by atoms with Crippen LogP contribution in [0.15, 0.2) is 60.9 Å². The summed E-state index contributed by atoms with van der Waals surface area (Å²) in [6.07, 6.45) is 7.05. The van der Waals surface area contributed by atoms with Gasteiger partial charge in [-0.15, -0.1) is 0 Å². The molecule has 2 heterocycles. The van der Waals surface area contributed by atoms with Crippen LogP contribution in [0.25, 0.3) is 6.08 Å². The number of nitrogens with one attached hydrogen (secondary N) is 1. The van der Waals surface area contributed by atoms with Gasteiger partial charge in [-0.3, -0.25) is 14.6 Å². The predicted octanol–water partition coefficient (Wildman–Crippen LogP) is 2.41. The van der Waals surface area contributed by atoms with E-state index in [9.17, 15) is 9.59 Å². The molecule has 1 aliphatic heterocycles. The molecule has 1 aromatic carbocycles. The maximum Gasteiger partial charge on any atom is 0.249 e. The van der Waals surface area contributed by atoms with Gasteiger partial charge in [0.25, 0.3) is 0 Å². The van der Waals surface area contributed by atoms with Gasteiger partial charge in [0.15, 0.2) is 0 Å². The van der Waals surface area contributed by atoms with E-state index in [1.54, 1.807) is 29.4 Å². The summed E-state index contributed by atoms with van der Waals surface area (Å²) in [5, 5.41) is 2.79. The van der Waals surface area contributed by atoms with Crippen molar-refractivity contribution in [3.05, 3.63) is 66.5 Å². The molecule has 5 nitrogen and oxygen atoms in total. The molecule has 0 bridgehead atoms. The number of anilines is 1. The van der Waals surface area contributed by atoms with E-state index in [0.717, 1.165) is 11.3 Å². The van der Waals surface area contributed by atoms with E-state index >= 15 is 0 Å². The number of para-hydroxylation sites is 1. The van der Waals surface area contributed by atoms with Gasteiger partial charge in [0.05, 0.1) is 0 Å². The van der Waals surface area contributed by atoms with Crippen LogP contribution in [0.1, 0.15) is 18.9 Å². The second kappa shape index (κ2) is 7.08. The largest absolute Gasteiger partial charge is 0.341 e. The SMILES string of the molecule is C[C@@H]1C[C@H](NC(=O)/C=C\c2cccnc2)C(=O)N1c1ccccc1. The number of carbonyl (C=O) groups is 2. The van der Waals surface area contributed by atoms with Crippen LogP contribution >= 0.6 is 0 Å². The molecule has 0 aliphatic carbocycles. The fourth-order valence-corrected chi connectivity index (χ4v) is 2.89. The van der Waals surface area contributed by atoms with Crippen molar-refractivity contribution >= 4 is 23.6 Å². The van der Waals surface area contributed by atoms with Crippen molar-refractivity contribution in [1.29, 1.82) is 0 Å². The summed E-state index contributed by atoms with van der Waals surface area (Å²) >= 11 is 0. The molecule has 2 atom stereocenters. The average Bonchev–Trinajstić information content (AvgIpc) is 2.88. The molecule has 0 spiro atoms. The molecule has 0 radical (unpaired) electrons. The molecular formula is C19H19N3O2. The molecule has 0 saturated carbocycles. The number of rotatable bonds is 4. The first-order chi connectivity index (χ1) is 11.6. The second-order valence-electron chi connectivity index (χ2n) is 5.81. The molecule has 1 saturated heterocycles. The van der Waals surface area contributed by atoms with Crippen LogP contribution in [0.2, 0.25) is 0 Å². The Morgan fingerprint density at radius 2 is 2.04 bits per heavy atom. The van der Waals surface area contributed by atoms with E-state index in [1.165, 1.54) is 6.08 Å². The monoisotopic (exact) mass is 321 g/mol. The first kappa shape index (κ1) is 15.9. The van der Waals surface area contributed by atoms with Gasteiger partial charge in [-0.05, 0) is 43.2 Å². The van der Waals surface area contributed by atoms with Crippen molar-refractivity contribution in [2.24, 2.45) is 0 Å². The van der Waals surface area contributed by atoms with E-state index in [4.69, 9.17) is 0 Å². The fourth-order valence-electron chi connectivity index (χ4n) is 2.89. The Hall–Kier alpha value is -2.95. The third-order valence-electron chi connectivity index (χ3n) is 4.02. The predicted molar refractivity (Wildman–Crippen MR) is 93.2 cm³/mol. The van der Waals surface area contributed by atoms with Crippen molar-refractivity contribution in [2.75, 3.05) is 4.90 Å². The molecule has 24 heavy (non-hydrogen) atoms. The Morgan fingerprint density at radius 1 is 1.25 bits per heavy atom. The number of hydrogen-bond donors (Lipinski definition) is 1. The minimum atomic E-state index is -0.494. The van der Waals surface area contributed by atoms with Crippen molar-refractivity contribution in [2.45, 2.75) is 25.4 Å². The zero-order chi connectivity index (χ0) is 16.9. The molecule has 5 heteroatoms. The van der Waals surface area contributed by atoms with Gasteiger partial charge in [-0.25, -0.2) is 0 Å². The third-order valence-corrected chi connectivity index (χ3v) is 4.02. The van der Waals surface area contributed by atoms with Crippen molar-refractivity contribution < 1.29 is 9.59 Å². The van der Waals surface area contributed by atoms with Crippen molar-refractivity contribution in [1.82, 2.24) is 10.3 Å². The maximum atomic E-state index is 12.6. The highest BCUT2D eigenvalue weighted by molar-refractivity contribution is 6.03.